The van der Waals surface area contributed by atoms with Gasteiger partial charge in [-0.2, -0.15) is 0 Å². The number of nitrogens with zero attached hydrogens (tertiary/aromatic N) is 1. The van der Waals surface area contributed by atoms with E-state index in [-0.39, 0.29) is 20.5 Å². The number of nitrogens with one attached hydrogen (secondary N) is 1. The third kappa shape index (κ3) is 7.18. The van der Waals surface area contributed by atoms with Gasteiger partial charge in [-0.3, -0.25) is 14.5 Å². The van der Waals surface area contributed by atoms with E-state index in [2.05, 4.69) is 5.32 Å². The first kappa shape index (κ1) is 29.5. The van der Waals surface area contributed by atoms with Crippen LogP contribution in [0.3, 0.4) is 0 Å². The van der Waals surface area contributed by atoms with Crippen LogP contribution in [0.1, 0.15) is 36.0 Å². The van der Waals surface area contributed by atoms with Crippen molar-refractivity contribution in [3.8, 4) is 11.1 Å². The lowest BCUT2D eigenvalue weighted by Crippen LogP contribution is -2.39. The maximum atomic E-state index is 14.9. The average Bonchev–Trinajstić information content (AvgIpc) is 3.45. The van der Waals surface area contributed by atoms with Crippen molar-refractivity contribution < 1.29 is 32.3 Å². The highest BCUT2D eigenvalue weighted by Gasteiger charge is 2.35. The van der Waals surface area contributed by atoms with Crippen LogP contribution in [-0.4, -0.2) is 45.3 Å². The largest absolute Gasteiger partial charge is 0.456 e. The Morgan fingerprint density at radius 2 is 1.77 bits per heavy atom. The number of alkyl halides is 1. The smallest absolute Gasteiger partial charge is 0.338 e. The van der Waals surface area contributed by atoms with Gasteiger partial charge >= 0.3 is 5.97 Å². The van der Waals surface area contributed by atoms with Crippen LogP contribution in [0.25, 0.3) is 17.2 Å². The molecule has 0 radical (unpaired) electrons. The zero-order chi connectivity index (χ0) is 29.2. The lowest BCUT2D eigenvalue weighted by Gasteiger charge is -2.19. The molecule has 1 atom stereocenters. The Labute approximate surface area is 242 Å². The first-order valence-electron chi connectivity index (χ1n) is 11.9. The van der Waals surface area contributed by atoms with E-state index in [0.717, 1.165) is 28.8 Å². The summed E-state index contributed by atoms with van der Waals surface area (Å²) in [7, 11) is 0. The highest BCUT2D eigenvalue weighted by Crippen LogP contribution is 2.35. The van der Waals surface area contributed by atoms with Gasteiger partial charge in [0.2, 0.25) is 0 Å². The molecule has 1 N–H and O–H groups in total. The fraction of sp³-hybridized carbons (Fsp3) is 0.214. The number of ether oxygens (including phenoxy) is 1. The fourth-order valence-electron chi connectivity index (χ4n) is 3.53. The Bertz CT molecular complexity index is 1510. The molecule has 4 rings (SSSR count). The number of esters is 1. The van der Waals surface area contributed by atoms with Crippen LogP contribution in [-0.2, 0) is 14.3 Å². The van der Waals surface area contributed by atoms with Crippen molar-refractivity contribution in [3.05, 3.63) is 80.9 Å². The Morgan fingerprint density at radius 3 is 2.42 bits per heavy atom. The van der Waals surface area contributed by atoms with Gasteiger partial charge in [0.1, 0.15) is 9.92 Å². The molecule has 2 heterocycles. The summed E-state index contributed by atoms with van der Waals surface area (Å²) in [5.74, 6) is -3.96. The summed E-state index contributed by atoms with van der Waals surface area (Å²) in [4.78, 5) is 39.4. The number of amides is 2. The second kappa shape index (κ2) is 11.9. The van der Waals surface area contributed by atoms with Crippen molar-refractivity contribution >= 4 is 69.2 Å². The summed E-state index contributed by atoms with van der Waals surface area (Å²) in [6, 6.07) is 11.1. The molecule has 0 spiro atoms. The van der Waals surface area contributed by atoms with Gasteiger partial charge in [-0.15, -0.1) is 11.3 Å². The Hall–Kier alpha value is -3.48. The van der Waals surface area contributed by atoms with E-state index < -0.39 is 47.7 Å². The average molecular weight is 605 g/mol. The SMILES string of the molecule is CC(C)(C)OC(=O)c1ccc(NC(=O)C(F)CN2C(=O)/C(=C/c3cc(-c4ccc(F)c(F)c4)cs3)SC2=S)cc1. The van der Waals surface area contributed by atoms with Crippen molar-refractivity contribution in [2.24, 2.45) is 0 Å². The van der Waals surface area contributed by atoms with Crippen LogP contribution >= 0.6 is 35.3 Å². The minimum atomic E-state index is -2.07. The normalized spacial score (nSPS) is 15.4. The number of benzene rings is 2. The van der Waals surface area contributed by atoms with Gasteiger partial charge in [0, 0.05) is 10.6 Å². The number of thiocarbonyl (C=S) groups is 1. The molecule has 0 bridgehead atoms. The number of thiophene rings is 1. The molecule has 1 aliphatic heterocycles. The molecule has 40 heavy (non-hydrogen) atoms. The van der Waals surface area contributed by atoms with Crippen LogP contribution in [0.2, 0.25) is 0 Å². The third-order valence-corrected chi connectivity index (χ3v) is 7.69. The predicted octanol–water partition coefficient (Wildman–Crippen LogP) is 6.83. The van der Waals surface area contributed by atoms with Crippen LogP contribution in [0, 0.1) is 11.6 Å². The monoisotopic (exact) mass is 604 g/mol. The molecule has 0 aliphatic carbocycles. The zero-order valence-corrected chi connectivity index (χ0v) is 23.9. The maximum Gasteiger partial charge on any atom is 0.338 e. The number of thioether (sulfide) groups is 1. The molecule has 1 aromatic heterocycles. The highest BCUT2D eigenvalue weighted by molar-refractivity contribution is 8.26. The van der Waals surface area contributed by atoms with Crippen molar-refractivity contribution in [2.75, 3.05) is 11.9 Å². The van der Waals surface area contributed by atoms with Gasteiger partial charge in [-0.05, 0) is 85.8 Å². The van der Waals surface area contributed by atoms with Crippen molar-refractivity contribution in [2.45, 2.75) is 32.5 Å². The Kier molecular flexibility index (Phi) is 8.81. The summed E-state index contributed by atoms with van der Waals surface area (Å²) in [5.41, 5.74) is 0.999. The molecule has 1 aliphatic rings. The van der Waals surface area contributed by atoms with Crippen LogP contribution in [0.15, 0.2) is 58.8 Å². The van der Waals surface area contributed by atoms with Crippen LogP contribution in [0.5, 0.6) is 0 Å². The number of halogens is 3. The number of anilines is 1. The van der Waals surface area contributed by atoms with Gasteiger partial charge in [-0.1, -0.05) is 30.0 Å². The molecule has 2 aromatic carbocycles. The Morgan fingerprint density at radius 1 is 1.07 bits per heavy atom. The number of rotatable bonds is 7. The summed E-state index contributed by atoms with van der Waals surface area (Å²) in [6.45, 7) is 4.65. The van der Waals surface area contributed by atoms with E-state index in [4.69, 9.17) is 17.0 Å². The molecule has 3 aromatic rings. The molecule has 1 unspecified atom stereocenters. The van der Waals surface area contributed by atoms with E-state index in [1.54, 1.807) is 38.3 Å². The van der Waals surface area contributed by atoms with Crippen LogP contribution < -0.4 is 5.32 Å². The lowest BCUT2D eigenvalue weighted by atomic mass is 10.1. The summed E-state index contributed by atoms with van der Waals surface area (Å²) in [6.07, 6.45) is -0.499. The first-order valence-corrected chi connectivity index (χ1v) is 14.0. The fourth-order valence-corrected chi connectivity index (χ4v) is 5.72. The third-order valence-electron chi connectivity index (χ3n) is 5.43. The molecular formula is C28H23F3N2O4S3. The van der Waals surface area contributed by atoms with E-state index in [0.29, 0.717) is 16.0 Å². The van der Waals surface area contributed by atoms with Crippen molar-refractivity contribution in [3.63, 3.8) is 0 Å². The molecule has 6 nitrogen and oxygen atoms in total. The minimum absolute atomic E-state index is 0.103. The quantitative estimate of drug-likeness (QED) is 0.181. The second-order valence-corrected chi connectivity index (χ2v) is 12.3. The molecule has 1 saturated heterocycles. The molecular weight excluding hydrogens is 582 g/mol. The molecule has 12 heteroatoms. The van der Waals surface area contributed by atoms with E-state index >= 15 is 0 Å². The molecule has 1 fully saturated rings. The standard InChI is InChI=1S/C28H23F3N2O4S3/c1-28(2,3)37-26(36)15-4-7-18(8-5-15)32-24(34)22(31)13-33-25(35)23(40-27(33)38)12-19-10-17(14-39-19)16-6-9-20(29)21(30)11-16/h4-12,14,22H,13H2,1-3H3,(H,32,34)/b23-12-. The minimum Gasteiger partial charge on any atom is -0.456 e. The van der Waals surface area contributed by atoms with Crippen molar-refractivity contribution in [1.82, 2.24) is 4.90 Å². The molecule has 2 amide bonds. The van der Waals surface area contributed by atoms with Crippen molar-refractivity contribution in [1.29, 1.82) is 0 Å². The maximum absolute atomic E-state index is 14.9. The van der Waals surface area contributed by atoms with E-state index in [9.17, 15) is 27.6 Å². The number of carbonyl (C=O) groups excluding carboxylic acids is 3. The summed E-state index contributed by atoms with van der Waals surface area (Å²) in [5, 5.41) is 4.16. The van der Waals surface area contributed by atoms with Gasteiger partial charge in [0.05, 0.1) is 17.0 Å². The predicted molar refractivity (Wildman–Crippen MR) is 155 cm³/mol. The van der Waals surface area contributed by atoms with E-state index in [1.165, 1.54) is 41.7 Å². The molecule has 0 saturated carbocycles. The summed E-state index contributed by atoms with van der Waals surface area (Å²) < 4.78 is 47.1. The zero-order valence-electron chi connectivity index (χ0n) is 21.5. The van der Waals surface area contributed by atoms with Gasteiger partial charge < -0.3 is 10.1 Å². The number of hydrogen-bond acceptors (Lipinski definition) is 7. The summed E-state index contributed by atoms with van der Waals surface area (Å²) >= 11 is 7.50. The van der Waals surface area contributed by atoms with Gasteiger partial charge in [0.15, 0.2) is 17.8 Å². The van der Waals surface area contributed by atoms with Crippen LogP contribution in [0.4, 0.5) is 18.9 Å². The lowest BCUT2D eigenvalue weighted by molar-refractivity contribution is -0.125. The first-order chi connectivity index (χ1) is 18.8. The number of hydrogen-bond donors (Lipinski definition) is 1. The second-order valence-electron chi connectivity index (χ2n) is 9.69. The van der Waals surface area contributed by atoms with Gasteiger partial charge in [0.25, 0.3) is 11.8 Å². The van der Waals surface area contributed by atoms with Gasteiger partial charge in [-0.25, -0.2) is 18.0 Å². The van der Waals surface area contributed by atoms with E-state index in [1.807, 2.05) is 0 Å². The number of carbonyl (C=O) groups is 3. The highest BCUT2D eigenvalue weighted by atomic mass is 32.2. The molecule has 208 valence electrons. The Balaban J connectivity index is 1.37. The topological polar surface area (TPSA) is 75.7 Å².